The smallest absolute Gasteiger partial charge is 0.325 e. The molecule has 30 heavy (non-hydrogen) atoms. The first-order valence-corrected chi connectivity index (χ1v) is 9.47. The van der Waals surface area contributed by atoms with Crippen molar-refractivity contribution < 1.29 is 19.1 Å². The highest BCUT2D eigenvalue weighted by Gasteiger charge is 2.49. The molecule has 1 aromatic carbocycles. The zero-order valence-corrected chi connectivity index (χ0v) is 17.0. The minimum atomic E-state index is -1.26. The van der Waals surface area contributed by atoms with Crippen LogP contribution < -0.4 is 15.4 Å². The molecule has 0 spiro atoms. The molecule has 0 saturated carbocycles. The Bertz CT molecular complexity index is 959. The number of urea groups is 1. The SMILES string of the molecule is C=C(C)COc1ccc(C2(C)NC(=O)N(CC(=O)NCc3cccnc3)C2=O)cc1. The first-order valence-electron chi connectivity index (χ1n) is 9.47. The van der Waals surface area contributed by atoms with Crippen LogP contribution >= 0.6 is 0 Å². The van der Waals surface area contributed by atoms with Crippen LogP contribution in [0.3, 0.4) is 0 Å². The first kappa shape index (κ1) is 21.0. The fourth-order valence-corrected chi connectivity index (χ4v) is 3.03. The lowest BCUT2D eigenvalue weighted by molar-refractivity contribution is -0.134. The van der Waals surface area contributed by atoms with Gasteiger partial charge in [-0.05, 0) is 48.7 Å². The highest BCUT2D eigenvalue weighted by atomic mass is 16.5. The maximum atomic E-state index is 13.0. The van der Waals surface area contributed by atoms with Crippen LogP contribution in [0.2, 0.25) is 0 Å². The Morgan fingerprint density at radius 2 is 2.00 bits per heavy atom. The van der Waals surface area contributed by atoms with E-state index in [0.29, 0.717) is 17.9 Å². The molecule has 0 bridgehead atoms. The summed E-state index contributed by atoms with van der Waals surface area (Å²) in [5.74, 6) is -0.288. The number of pyridine rings is 1. The second-order valence-corrected chi connectivity index (χ2v) is 7.35. The number of imide groups is 1. The first-order chi connectivity index (χ1) is 14.3. The number of nitrogens with zero attached hydrogens (tertiary/aromatic N) is 2. The van der Waals surface area contributed by atoms with Crippen molar-refractivity contribution in [2.45, 2.75) is 25.9 Å². The van der Waals surface area contributed by atoms with E-state index in [0.717, 1.165) is 16.0 Å². The van der Waals surface area contributed by atoms with E-state index >= 15 is 0 Å². The van der Waals surface area contributed by atoms with Gasteiger partial charge in [0, 0.05) is 18.9 Å². The Morgan fingerprint density at radius 3 is 2.63 bits per heavy atom. The molecule has 156 valence electrons. The summed E-state index contributed by atoms with van der Waals surface area (Å²) in [6, 6.07) is 9.87. The highest BCUT2D eigenvalue weighted by molar-refractivity contribution is 6.09. The van der Waals surface area contributed by atoms with E-state index in [9.17, 15) is 14.4 Å². The number of hydrogen-bond acceptors (Lipinski definition) is 5. The van der Waals surface area contributed by atoms with Gasteiger partial charge in [0.15, 0.2) is 0 Å². The molecule has 1 aliphatic rings. The van der Waals surface area contributed by atoms with Gasteiger partial charge in [0.1, 0.15) is 24.4 Å². The Kier molecular flexibility index (Phi) is 6.15. The molecule has 1 unspecified atom stereocenters. The van der Waals surface area contributed by atoms with Crippen LogP contribution in [0.15, 0.2) is 60.9 Å². The molecule has 2 aromatic rings. The maximum Gasteiger partial charge on any atom is 0.325 e. The zero-order valence-electron chi connectivity index (χ0n) is 17.0. The van der Waals surface area contributed by atoms with Crippen molar-refractivity contribution in [3.8, 4) is 5.75 Å². The quantitative estimate of drug-likeness (QED) is 0.515. The van der Waals surface area contributed by atoms with Crippen LogP contribution in [-0.4, -0.2) is 40.9 Å². The molecule has 0 aliphatic carbocycles. The van der Waals surface area contributed by atoms with Gasteiger partial charge >= 0.3 is 6.03 Å². The van der Waals surface area contributed by atoms with Gasteiger partial charge in [-0.3, -0.25) is 19.5 Å². The lowest BCUT2D eigenvalue weighted by Gasteiger charge is -2.22. The molecular formula is C22H24N4O4. The number of amides is 4. The summed E-state index contributed by atoms with van der Waals surface area (Å²) in [4.78, 5) is 42.5. The topological polar surface area (TPSA) is 101 Å². The Hall–Kier alpha value is -3.68. The number of ether oxygens (including phenoxy) is 1. The van der Waals surface area contributed by atoms with E-state index in [-0.39, 0.29) is 13.1 Å². The van der Waals surface area contributed by atoms with Gasteiger partial charge in [-0.2, -0.15) is 0 Å². The second-order valence-electron chi connectivity index (χ2n) is 7.35. The van der Waals surface area contributed by atoms with Crippen LogP contribution in [0.25, 0.3) is 0 Å². The molecule has 8 heteroatoms. The lowest BCUT2D eigenvalue weighted by Crippen LogP contribution is -2.43. The minimum Gasteiger partial charge on any atom is -0.489 e. The molecular weight excluding hydrogens is 384 g/mol. The third-order valence-electron chi connectivity index (χ3n) is 4.71. The van der Waals surface area contributed by atoms with Gasteiger partial charge in [-0.25, -0.2) is 4.79 Å². The summed E-state index contributed by atoms with van der Waals surface area (Å²) in [7, 11) is 0. The van der Waals surface area contributed by atoms with Crippen LogP contribution in [0.4, 0.5) is 4.79 Å². The average molecular weight is 408 g/mol. The summed E-state index contributed by atoms with van der Waals surface area (Å²) in [5.41, 5.74) is 1.05. The summed E-state index contributed by atoms with van der Waals surface area (Å²) < 4.78 is 5.56. The van der Waals surface area contributed by atoms with Crippen LogP contribution in [0, 0.1) is 0 Å². The number of carbonyl (C=O) groups excluding carboxylic acids is 3. The molecule has 1 aromatic heterocycles. The second kappa shape index (κ2) is 8.77. The molecule has 0 radical (unpaired) electrons. The number of carbonyl (C=O) groups is 3. The van der Waals surface area contributed by atoms with Gasteiger partial charge in [0.2, 0.25) is 5.91 Å². The Labute approximate surface area is 174 Å². The van der Waals surface area contributed by atoms with Gasteiger partial charge in [-0.1, -0.05) is 24.8 Å². The van der Waals surface area contributed by atoms with E-state index in [1.807, 2.05) is 13.0 Å². The van der Waals surface area contributed by atoms with Crippen LogP contribution in [0.5, 0.6) is 5.75 Å². The summed E-state index contributed by atoms with van der Waals surface area (Å²) in [5, 5.41) is 5.38. The van der Waals surface area contributed by atoms with Gasteiger partial charge < -0.3 is 15.4 Å². The number of hydrogen-bond donors (Lipinski definition) is 2. The van der Waals surface area contributed by atoms with E-state index in [2.05, 4.69) is 22.2 Å². The normalized spacial score (nSPS) is 18.1. The summed E-state index contributed by atoms with van der Waals surface area (Å²) in [6.07, 6.45) is 3.27. The molecule has 8 nitrogen and oxygen atoms in total. The molecule has 1 atom stereocenters. The number of rotatable bonds is 8. The van der Waals surface area contributed by atoms with Crippen LogP contribution in [0.1, 0.15) is 25.0 Å². The standard InChI is InChI=1S/C22H24N4O4/c1-15(2)14-30-18-8-6-17(7-9-18)22(3)20(28)26(21(29)25-22)13-19(27)24-12-16-5-4-10-23-11-16/h4-11H,1,12-14H2,2-3H3,(H,24,27)(H,25,29). The summed E-state index contributed by atoms with van der Waals surface area (Å²) in [6.45, 7) is 7.56. The monoisotopic (exact) mass is 408 g/mol. The van der Waals surface area contributed by atoms with Gasteiger partial charge in [0.25, 0.3) is 5.91 Å². The highest BCUT2D eigenvalue weighted by Crippen LogP contribution is 2.30. The van der Waals surface area contributed by atoms with Crippen molar-refractivity contribution in [2.24, 2.45) is 0 Å². The van der Waals surface area contributed by atoms with E-state index < -0.39 is 23.4 Å². The van der Waals surface area contributed by atoms with E-state index in [1.165, 1.54) is 0 Å². The van der Waals surface area contributed by atoms with E-state index in [4.69, 9.17) is 4.74 Å². The number of nitrogens with one attached hydrogen (secondary N) is 2. The van der Waals surface area contributed by atoms with E-state index in [1.54, 1.807) is 49.6 Å². The molecule has 1 aliphatic heterocycles. The predicted octanol–water partition coefficient (Wildman–Crippen LogP) is 2.12. The van der Waals surface area contributed by atoms with Crippen molar-refractivity contribution in [3.63, 3.8) is 0 Å². The predicted molar refractivity (Wildman–Crippen MR) is 110 cm³/mol. The molecule has 4 amide bonds. The zero-order chi connectivity index (χ0) is 21.7. The Morgan fingerprint density at radius 1 is 1.27 bits per heavy atom. The van der Waals surface area contributed by atoms with Crippen molar-refractivity contribution in [1.29, 1.82) is 0 Å². The molecule has 3 rings (SSSR count). The van der Waals surface area contributed by atoms with Crippen molar-refractivity contribution in [1.82, 2.24) is 20.5 Å². The third-order valence-corrected chi connectivity index (χ3v) is 4.71. The Balaban J connectivity index is 1.64. The molecule has 1 fully saturated rings. The number of aromatic nitrogens is 1. The molecule has 1 saturated heterocycles. The largest absolute Gasteiger partial charge is 0.489 e. The van der Waals surface area contributed by atoms with Gasteiger partial charge in [-0.15, -0.1) is 0 Å². The van der Waals surface area contributed by atoms with Gasteiger partial charge in [0.05, 0.1) is 0 Å². The summed E-state index contributed by atoms with van der Waals surface area (Å²) >= 11 is 0. The third kappa shape index (κ3) is 4.65. The molecule has 2 N–H and O–H groups in total. The average Bonchev–Trinajstić information content (AvgIpc) is 2.95. The fourth-order valence-electron chi connectivity index (χ4n) is 3.03. The fraction of sp³-hybridized carbons (Fsp3) is 0.273. The van der Waals surface area contributed by atoms with Crippen molar-refractivity contribution >= 4 is 17.8 Å². The van der Waals surface area contributed by atoms with Crippen molar-refractivity contribution in [3.05, 3.63) is 72.1 Å². The lowest BCUT2D eigenvalue weighted by atomic mass is 9.92. The number of benzene rings is 1. The molecule has 2 heterocycles. The maximum absolute atomic E-state index is 13.0. The minimum absolute atomic E-state index is 0.263. The van der Waals surface area contributed by atoms with Crippen molar-refractivity contribution in [2.75, 3.05) is 13.2 Å². The van der Waals surface area contributed by atoms with Crippen LogP contribution in [-0.2, 0) is 21.7 Å².